The first-order valence-corrected chi connectivity index (χ1v) is 20.1. The van der Waals surface area contributed by atoms with E-state index in [1.807, 2.05) is 26.0 Å². The molecule has 11 heteroatoms. The summed E-state index contributed by atoms with van der Waals surface area (Å²) in [5, 5.41) is 0. The maximum absolute atomic E-state index is 6.52. The standard InChI is InChI=1S/C40H52O10S/c1-23-11-15-31-25(3)33(43-35-39(31)29(23)17-19-37(5,45-35)47-49-39)41-21-7-9-27-13-14-28(51-27)10-8-22-42-34-26(4)32-16-12-24(2)30-18-20-38(6)46-36(44-34)40(30,32)50-48-38/h13-14,23-26,29-36H,11-12,15-22H2,1-6H3/t23-,24-,25-,26-,29+,30+,31+,32+,33?,34?,35-,36-,37+,38+,39-,40-/m1/s1. The lowest BCUT2D eigenvalue weighted by Gasteiger charge is -2.60. The average molecular weight is 725 g/mol. The zero-order valence-electron chi connectivity index (χ0n) is 30.6. The van der Waals surface area contributed by atoms with Gasteiger partial charge in [-0.1, -0.05) is 51.4 Å². The smallest absolute Gasteiger partial charge is 0.201 e. The third-order valence-electron chi connectivity index (χ3n) is 13.9. The Labute approximate surface area is 305 Å². The Morgan fingerprint density at radius 2 is 1.08 bits per heavy atom. The Balaban J connectivity index is 0.798. The Kier molecular flexibility index (Phi) is 8.98. The van der Waals surface area contributed by atoms with E-state index in [2.05, 4.69) is 51.4 Å². The Morgan fingerprint density at radius 1 is 0.627 bits per heavy atom. The van der Waals surface area contributed by atoms with E-state index in [-0.39, 0.29) is 36.9 Å². The van der Waals surface area contributed by atoms with E-state index in [1.165, 1.54) is 0 Å². The van der Waals surface area contributed by atoms with Crippen LogP contribution in [0.3, 0.4) is 0 Å². The van der Waals surface area contributed by atoms with E-state index in [1.54, 1.807) is 11.3 Å². The van der Waals surface area contributed by atoms with Gasteiger partial charge in [-0.3, -0.25) is 0 Å². The second-order valence-electron chi connectivity index (χ2n) is 16.9. The first-order chi connectivity index (χ1) is 24.5. The van der Waals surface area contributed by atoms with Crippen molar-refractivity contribution < 1.29 is 48.0 Å². The van der Waals surface area contributed by atoms with Crippen LogP contribution in [0.5, 0.6) is 0 Å². The first-order valence-electron chi connectivity index (χ1n) is 19.2. The maximum Gasteiger partial charge on any atom is 0.201 e. The Hall–Kier alpha value is -1.58. The quantitative estimate of drug-likeness (QED) is 0.241. The summed E-state index contributed by atoms with van der Waals surface area (Å²) < 4.78 is 38.4. The molecule has 2 aliphatic carbocycles. The molecule has 9 heterocycles. The monoisotopic (exact) mass is 724 g/mol. The highest BCUT2D eigenvalue weighted by Gasteiger charge is 2.71. The fourth-order valence-corrected chi connectivity index (χ4v) is 11.8. The number of hydrogen-bond donors (Lipinski definition) is 0. The third kappa shape index (κ3) is 5.69. The summed E-state index contributed by atoms with van der Waals surface area (Å²) in [4.78, 5) is 26.2. The topological polar surface area (TPSA) is 92.3 Å². The molecule has 2 saturated carbocycles. The average Bonchev–Trinajstić information content (AvgIpc) is 3.27. The van der Waals surface area contributed by atoms with Crippen molar-refractivity contribution >= 4 is 11.3 Å². The number of ether oxygens (including phenoxy) is 6. The maximum atomic E-state index is 6.52. The molecule has 2 unspecified atom stereocenters. The predicted molar refractivity (Wildman–Crippen MR) is 184 cm³/mol. The molecular weight excluding hydrogens is 672 g/mol. The van der Waals surface area contributed by atoms with Crippen molar-refractivity contribution in [2.24, 2.45) is 47.3 Å². The first kappa shape index (κ1) is 35.1. The van der Waals surface area contributed by atoms with Gasteiger partial charge in [0.1, 0.15) is 13.2 Å². The summed E-state index contributed by atoms with van der Waals surface area (Å²) in [6.07, 6.45) is 6.08. The van der Waals surface area contributed by atoms with Crippen LogP contribution in [0.1, 0.15) is 103 Å². The number of fused-ring (bicyclic) bond motifs is 4. The lowest BCUT2D eigenvalue weighted by Crippen LogP contribution is -2.70. The van der Waals surface area contributed by atoms with Gasteiger partial charge in [-0.2, -0.15) is 0 Å². The van der Waals surface area contributed by atoms with E-state index in [0.29, 0.717) is 23.7 Å². The van der Waals surface area contributed by atoms with Crippen molar-refractivity contribution in [2.75, 3.05) is 13.2 Å². The van der Waals surface area contributed by atoms with Crippen molar-refractivity contribution in [1.29, 1.82) is 0 Å². The summed E-state index contributed by atoms with van der Waals surface area (Å²) in [6.45, 7) is 13.4. The molecule has 4 bridgehead atoms. The van der Waals surface area contributed by atoms with Crippen molar-refractivity contribution in [3.63, 3.8) is 0 Å². The van der Waals surface area contributed by atoms with E-state index in [4.69, 9.17) is 48.0 Å². The Morgan fingerprint density at radius 3 is 1.53 bits per heavy atom. The second kappa shape index (κ2) is 13.0. The molecule has 8 saturated heterocycles. The number of rotatable bonds is 4. The van der Waals surface area contributed by atoms with Crippen LogP contribution in [-0.4, -0.2) is 61.2 Å². The lowest BCUT2D eigenvalue weighted by molar-refractivity contribution is -0.577. The molecule has 0 N–H and O–H groups in total. The summed E-state index contributed by atoms with van der Waals surface area (Å²) in [5.41, 5.74) is -1.18. The van der Waals surface area contributed by atoms with Gasteiger partial charge in [-0.15, -0.1) is 11.3 Å². The molecule has 51 heavy (non-hydrogen) atoms. The molecule has 10 nitrogen and oxygen atoms in total. The van der Waals surface area contributed by atoms with E-state index < -0.39 is 47.9 Å². The summed E-state index contributed by atoms with van der Waals surface area (Å²) in [5.74, 6) is 13.6. The van der Waals surface area contributed by atoms with Gasteiger partial charge < -0.3 is 28.4 Å². The second-order valence-corrected chi connectivity index (χ2v) is 18.0. The molecule has 8 aliphatic heterocycles. The van der Waals surface area contributed by atoms with Gasteiger partial charge >= 0.3 is 0 Å². The molecule has 10 fully saturated rings. The largest absolute Gasteiger partial charge is 0.340 e. The lowest BCUT2D eigenvalue weighted by atomic mass is 9.58. The molecule has 11 rings (SSSR count). The van der Waals surface area contributed by atoms with Gasteiger partial charge in [-0.05, 0) is 88.2 Å². The van der Waals surface area contributed by atoms with E-state index in [9.17, 15) is 0 Å². The highest BCUT2D eigenvalue weighted by atomic mass is 32.1. The zero-order chi connectivity index (χ0) is 35.2. The molecule has 0 aromatic carbocycles. The van der Waals surface area contributed by atoms with Crippen LogP contribution < -0.4 is 0 Å². The van der Waals surface area contributed by atoms with Crippen LogP contribution >= 0.6 is 11.3 Å². The Bertz CT molecular complexity index is 1500. The molecule has 1 aromatic rings. The number of hydrogen-bond acceptors (Lipinski definition) is 11. The fourth-order valence-electron chi connectivity index (χ4n) is 11.1. The van der Waals surface area contributed by atoms with Gasteiger partial charge in [0.15, 0.2) is 36.4 Å². The highest BCUT2D eigenvalue weighted by molar-refractivity contribution is 7.13. The third-order valence-corrected chi connectivity index (χ3v) is 14.8. The van der Waals surface area contributed by atoms with E-state index in [0.717, 1.165) is 61.1 Å². The van der Waals surface area contributed by atoms with Crippen molar-refractivity contribution in [3.05, 3.63) is 21.9 Å². The van der Waals surface area contributed by atoms with Crippen LogP contribution in [0.2, 0.25) is 0 Å². The molecule has 10 aliphatic rings. The van der Waals surface area contributed by atoms with Crippen LogP contribution in [-0.2, 0) is 48.0 Å². The summed E-state index contributed by atoms with van der Waals surface area (Å²) in [6, 6.07) is 3.99. The summed E-state index contributed by atoms with van der Waals surface area (Å²) in [7, 11) is 0. The molecule has 0 amide bonds. The predicted octanol–water partition coefficient (Wildman–Crippen LogP) is 6.90. The molecule has 2 spiro atoms. The van der Waals surface area contributed by atoms with Crippen LogP contribution in [0, 0.1) is 71.0 Å². The SMILES string of the molecule is C[C@@H]1CC[C@H]2[C@@H](C)C(OCC#Cc3ccc(C#CCOC4O[C@@H]5O[C@]6(C)CC[C@H]7[C@H](C)CC[C@@H]([C@H]4C)[C@@]57OO6)s3)O[C@@H]3O[C@]4(C)CC[C@@H]1[C@]32OO4. The van der Waals surface area contributed by atoms with Crippen LogP contribution in [0.25, 0.3) is 0 Å². The van der Waals surface area contributed by atoms with Crippen molar-refractivity contribution in [2.45, 2.75) is 141 Å². The van der Waals surface area contributed by atoms with Gasteiger partial charge in [0.05, 0.1) is 9.75 Å². The van der Waals surface area contributed by atoms with Gasteiger partial charge in [0.2, 0.25) is 11.6 Å². The normalized spacial score (nSPS) is 50.8. The fraction of sp³-hybridized carbons (Fsp3) is 0.800. The summed E-state index contributed by atoms with van der Waals surface area (Å²) >= 11 is 1.56. The number of thiophene rings is 1. The minimum atomic E-state index is -0.801. The minimum Gasteiger partial charge on any atom is -0.340 e. The van der Waals surface area contributed by atoms with Crippen molar-refractivity contribution in [3.8, 4) is 23.7 Å². The molecule has 0 radical (unpaired) electrons. The minimum absolute atomic E-state index is 0.116. The molecule has 278 valence electrons. The molecule has 1 aromatic heterocycles. The van der Waals surface area contributed by atoms with Gasteiger partial charge in [-0.25, -0.2) is 19.6 Å². The zero-order valence-corrected chi connectivity index (χ0v) is 31.5. The van der Waals surface area contributed by atoms with Crippen molar-refractivity contribution in [1.82, 2.24) is 0 Å². The molecular formula is C40H52O10S. The van der Waals surface area contributed by atoms with Crippen LogP contribution in [0.15, 0.2) is 12.1 Å². The van der Waals surface area contributed by atoms with Gasteiger partial charge in [0.25, 0.3) is 0 Å². The molecule has 16 atom stereocenters. The van der Waals surface area contributed by atoms with Crippen LogP contribution in [0.4, 0.5) is 0 Å². The highest BCUT2D eigenvalue weighted by Crippen LogP contribution is 2.62. The van der Waals surface area contributed by atoms with E-state index >= 15 is 0 Å². The van der Waals surface area contributed by atoms with Gasteiger partial charge in [0, 0.05) is 36.5 Å².